The number of hydrogen-bond donors (Lipinski definition) is 0. The van der Waals surface area contributed by atoms with E-state index < -0.39 is 0 Å². The third-order valence-corrected chi connectivity index (χ3v) is 15.8. The summed E-state index contributed by atoms with van der Waals surface area (Å²) in [6.45, 7) is 0. The molecule has 3 heteroatoms. The van der Waals surface area contributed by atoms with Crippen molar-refractivity contribution in [3.05, 3.63) is 291 Å². The Kier molecular flexibility index (Phi) is 10.0. The zero-order chi connectivity index (χ0) is 49.4. The van der Waals surface area contributed by atoms with E-state index in [1.165, 1.54) is 116 Å². The molecule has 0 saturated heterocycles. The third-order valence-electron chi connectivity index (χ3n) is 15.8. The quantitative estimate of drug-likeness (QED) is 0.148. The SMILES string of the molecule is C1=CC2c3ccccc3N(c3ccc(-c4ccc5c(c4)c4cc(-c6ccc(-n7c8ccccc8c8ccccc87)cc6)ccc4n5-c4ccc(-c5cc(-c6ccccc6)cc(-c6ccccc6)c5)cc4)cc3)C2C=C1. The molecule has 0 spiro atoms. The van der Waals surface area contributed by atoms with Gasteiger partial charge in [0.05, 0.1) is 28.1 Å². The van der Waals surface area contributed by atoms with Gasteiger partial charge in [-0.05, 0) is 158 Å². The first-order chi connectivity index (χ1) is 37.2. The summed E-state index contributed by atoms with van der Waals surface area (Å²) < 4.78 is 4.83. The second-order valence-electron chi connectivity index (χ2n) is 20.1. The van der Waals surface area contributed by atoms with Crippen LogP contribution in [-0.4, -0.2) is 15.2 Å². The smallest absolute Gasteiger partial charge is 0.0629 e. The van der Waals surface area contributed by atoms with Crippen LogP contribution in [0.15, 0.2) is 285 Å². The predicted octanol–water partition coefficient (Wildman–Crippen LogP) is 18.9. The number of hydrogen-bond acceptors (Lipinski definition) is 1. The van der Waals surface area contributed by atoms with Crippen LogP contribution in [0.1, 0.15) is 11.5 Å². The summed E-state index contributed by atoms with van der Waals surface area (Å²) in [5.74, 6) is 0.350. The first kappa shape index (κ1) is 42.9. The molecule has 0 bridgehead atoms. The molecule has 1 aliphatic carbocycles. The molecule has 75 heavy (non-hydrogen) atoms. The minimum absolute atomic E-state index is 0.264. The van der Waals surface area contributed by atoms with Crippen molar-refractivity contribution in [2.45, 2.75) is 12.0 Å². The first-order valence-corrected chi connectivity index (χ1v) is 26.1. The summed E-state index contributed by atoms with van der Waals surface area (Å²) in [6.07, 6.45) is 9.06. The highest BCUT2D eigenvalue weighted by atomic mass is 15.2. The molecule has 0 radical (unpaired) electrons. The number of nitrogens with zero attached hydrogens (tertiary/aromatic N) is 3. The number of rotatable bonds is 8. The number of fused-ring (bicyclic) bond motifs is 9. The Bertz CT molecular complexity index is 4270. The van der Waals surface area contributed by atoms with Crippen molar-refractivity contribution in [3.8, 4) is 67.0 Å². The molecular weight excluding hydrogens is 907 g/mol. The third kappa shape index (κ3) is 7.19. The van der Waals surface area contributed by atoms with Crippen LogP contribution in [0.25, 0.3) is 111 Å². The molecule has 15 rings (SSSR count). The molecule has 3 heterocycles. The molecule has 13 aromatic rings. The van der Waals surface area contributed by atoms with Gasteiger partial charge in [-0.3, -0.25) is 0 Å². The molecular formula is C72H49N3. The summed E-state index contributed by atoms with van der Waals surface area (Å²) in [4.78, 5) is 2.51. The van der Waals surface area contributed by atoms with Gasteiger partial charge in [-0.2, -0.15) is 0 Å². The van der Waals surface area contributed by atoms with Crippen LogP contribution in [0.2, 0.25) is 0 Å². The maximum absolute atomic E-state index is 2.51. The fraction of sp³-hybridized carbons (Fsp3) is 0.0278. The van der Waals surface area contributed by atoms with Crippen LogP contribution in [0.5, 0.6) is 0 Å². The van der Waals surface area contributed by atoms with E-state index in [1.54, 1.807) is 0 Å². The fourth-order valence-electron chi connectivity index (χ4n) is 12.3. The zero-order valence-electron chi connectivity index (χ0n) is 41.1. The van der Waals surface area contributed by atoms with E-state index in [2.05, 4.69) is 299 Å². The van der Waals surface area contributed by atoms with Gasteiger partial charge in [-0.25, -0.2) is 0 Å². The second-order valence-corrected chi connectivity index (χ2v) is 20.1. The molecule has 11 aromatic carbocycles. The Morgan fingerprint density at radius 1 is 0.253 bits per heavy atom. The largest absolute Gasteiger partial charge is 0.333 e. The Balaban J connectivity index is 0.836. The van der Waals surface area contributed by atoms with Gasteiger partial charge in [0.2, 0.25) is 0 Å². The van der Waals surface area contributed by atoms with E-state index in [1.807, 2.05) is 0 Å². The van der Waals surface area contributed by atoms with Crippen LogP contribution >= 0.6 is 0 Å². The molecule has 0 amide bonds. The van der Waals surface area contributed by atoms with Crippen molar-refractivity contribution >= 4 is 55.0 Å². The van der Waals surface area contributed by atoms with E-state index in [-0.39, 0.29) is 6.04 Å². The Labute approximate surface area is 436 Å². The van der Waals surface area contributed by atoms with Crippen molar-refractivity contribution in [1.82, 2.24) is 9.13 Å². The van der Waals surface area contributed by atoms with Gasteiger partial charge >= 0.3 is 0 Å². The standard InChI is InChI=1S/C72H49N3/c1-3-15-48(16-4-1)55-43-56(49-17-5-2-6-18-49)45-57(44-55)52-31-39-60(40-32-52)75-71-41-33-53(50-27-35-58(36-28-50)73-67-23-11-7-19-61(67)62-20-8-12-24-68(62)73)46-65(71)66-47-54(34-42-72(66)75)51-29-37-59(38-30-51)74-69-25-13-9-21-63(69)64-22-10-14-26-70(64)74/h1-47,61,67H. The Morgan fingerprint density at radius 2 is 0.640 bits per heavy atom. The first-order valence-electron chi connectivity index (χ1n) is 26.1. The normalized spacial score (nSPS) is 14.8. The van der Waals surface area contributed by atoms with Gasteiger partial charge in [0, 0.05) is 50.2 Å². The molecule has 0 fully saturated rings. The maximum Gasteiger partial charge on any atom is 0.0629 e. The molecule has 2 atom stereocenters. The fourth-order valence-corrected chi connectivity index (χ4v) is 12.3. The van der Waals surface area contributed by atoms with E-state index >= 15 is 0 Å². The minimum Gasteiger partial charge on any atom is -0.333 e. The lowest BCUT2D eigenvalue weighted by Crippen LogP contribution is -2.28. The van der Waals surface area contributed by atoms with E-state index in [0.29, 0.717) is 5.92 Å². The number of para-hydroxylation sites is 3. The van der Waals surface area contributed by atoms with Gasteiger partial charge in [0.1, 0.15) is 0 Å². The van der Waals surface area contributed by atoms with Gasteiger partial charge in [0.25, 0.3) is 0 Å². The number of benzene rings is 11. The molecule has 2 aliphatic rings. The van der Waals surface area contributed by atoms with E-state index in [9.17, 15) is 0 Å². The summed E-state index contributed by atoms with van der Waals surface area (Å²) in [5.41, 5.74) is 22.9. The van der Waals surface area contributed by atoms with Crippen molar-refractivity contribution in [1.29, 1.82) is 0 Å². The van der Waals surface area contributed by atoms with Crippen molar-refractivity contribution < 1.29 is 0 Å². The van der Waals surface area contributed by atoms with Gasteiger partial charge in [0.15, 0.2) is 0 Å². The summed E-state index contributed by atoms with van der Waals surface area (Å²) in [7, 11) is 0. The van der Waals surface area contributed by atoms with Crippen molar-refractivity contribution in [2.75, 3.05) is 4.90 Å². The lowest BCUT2D eigenvalue weighted by Gasteiger charge is -2.28. The Morgan fingerprint density at radius 3 is 1.16 bits per heavy atom. The van der Waals surface area contributed by atoms with Gasteiger partial charge < -0.3 is 14.0 Å². The van der Waals surface area contributed by atoms with E-state index in [0.717, 1.165) is 11.4 Å². The molecule has 352 valence electrons. The van der Waals surface area contributed by atoms with E-state index in [4.69, 9.17) is 0 Å². The number of aromatic nitrogens is 2. The topological polar surface area (TPSA) is 13.1 Å². The highest BCUT2D eigenvalue weighted by molar-refractivity contribution is 6.12. The second kappa shape index (κ2) is 17.5. The lowest BCUT2D eigenvalue weighted by molar-refractivity contribution is 0.745. The molecule has 2 unspecified atom stereocenters. The molecule has 2 aromatic heterocycles. The van der Waals surface area contributed by atoms with Crippen LogP contribution in [0.4, 0.5) is 11.4 Å². The highest BCUT2D eigenvalue weighted by Crippen LogP contribution is 2.48. The van der Waals surface area contributed by atoms with Crippen LogP contribution in [0, 0.1) is 0 Å². The van der Waals surface area contributed by atoms with Crippen LogP contribution in [0.3, 0.4) is 0 Å². The number of allylic oxidation sites excluding steroid dienone is 2. The van der Waals surface area contributed by atoms with Crippen molar-refractivity contribution in [3.63, 3.8) is 0 Å². The molecule has 3 nitrogen and oxygen atoms in total. The average molecular weight is 956 g/mol. The van der Waals surface area contributed by atoms with Crippen LogP contribution in [-0.2, 0) is 0 Å². The zero-order valence-corrected chi connectivity index (χ0v) is 41.1. The summed E-state index contributed by atoms with van der Waals surface area (Å²) in [5, 5.41) is 4.97. The highest BCUT2D eigenvalue weighted by Gasteiger charge is 2.37. The Hall–Kier alpha value is -9.70. The van der Waals surface area contributed by atoms with Gasteiger partial charge in [-0.1, -0.05) is 188 Å². The predicted molar refractivity (Wildman–Crippen MR) is 316 cm³/mol. The number of anilines is 2. The molecule has 0 N–H and O–H groups in total. The molecule has 0 saturated carbocycles. The summed E-state index contributed by atoms with van der Waals surface area (Å²) in [6, 6.07) is 96.4. The minimum atomic E-state index is 0.264. The van der Waals surface area contributed by atoms with Gasteiger partial charge in [-0.15, -0.1) is 0 Å². The maximum atomic E-state index is 2.51. The summed E-state index contributed by atoms with van der Waals surface area (Å²) >= 11 is 0. The average Bonchev–Trinajstić information content (AvgIpc) is 4.13. The van der Waals surface area contributed by atoms with Crippen molar-refractivity contribution in [2.24, 2.45) is 0 Å². The van der Waals surface area contributed by atoms with Crippen LogP contribution < -0.4 is 4.90 Å². The lowest BCUT2D eigenvalue weighted by atomic mass is 9.91. The molecule has 1 aliphatic heterocycles. The monoisotopic (exact) mass is 955 g/mol.